The monoisotopic (exact) mass is 335 g/mol. The number of hydrogen-bond acceptors (Lipinski definition) is 2. The smallest absolute Gasteiger partial charge is 0.416 e. The van der Waals surface area contributed by atoms with Crippen molar-refractivity contribution >= 4 is 5.91 Å². The summed E-state index contributed by atoms with van der Waals surface area (Å²) in [4.78, 5) is 12.0. The van der Waals surface area contributed by atoms with Crippen LogP contribution in [0.4, 0.5) is 13.2 Å². The lowest BCUT2D eigenvalue weighted by Crippen LogP contribution is -2.24. The quantitative estimate of drug-likeness (QED) is 0.929. The summed E-state index contributed by atoms with van der Waals surface area (Å²) < 4.78 is 43.4. The molecule has 24 heavy (non-hydrogen) atoms. The first-order valence-electron chi connectivity index (χ1n) is 7.59. The number of benzene rings is 2. The first-order chi connectivity index (χ1) is 11.4. The van der Waals surface area contributed by atoms with Gasteiger partial charge in [0.15, 0.2) is 0 Å². The maximum Gasteiger partial charge on any atom is 0.416 e. The molecule has 0 radical (unpaired) electrons. The number of amides is 1. The van der Waals surface area contributed by atoms with E-state index in [2.05, 4.69) is 5.32 Å². The topological polar surface area (TPSA) is 38.3 Å². The van der Waals surface area contributed by atoms with E-state index in [1.807, 2.05) is 18.2 Å². The first-order valence-corrected chi connectivity index (χ1v) is 7.59. The lowest BCUT2D eigenvalue weighted by molar-refractivity contribution is -0.137. The standard InChI is InChI=1S/C18H16F3NO2/c19-18(20,21)15-3-1-2-13(9-15)11-22-17(23)10-12-4-5-16-14(8-12)6-7-24-16/h1-5,8-9H,6-7,10-11H2,(H,22,23). The molecule has 1 amide bonds. The summed E-state index contributed by atoms with van der Waals surface area (Å²) in [7, 11) is 0. The van der Waals surface area contributed by atoms with Gasteiger partial charge in [-0.1, -0.05) is 24.3 Å². The summed E-state index contributed by atoms with van der Waals surface area (Å²) >= 11 is 0. The average Bonchev–Trinajstić information content (AvgIpc) is 3.00. The molecule has 0 saturated heterocycles. The number of carbonyl (C=O) groups excluding carboxylic acids is 1. The van der Waals surface area contributed by atoms with Gasteiger partial charge in [-0.2, -0.15) is 13.2 Å². The molecule has 1 aliphatic heterocycles. The van der Waals surface area contributed by atoms with E-state index in [0.29, 0.717) is 12.2 Å². The van der Waals surface area contributed by atoms with Crippen LogP contribution in [0.5, 0.6) is 5.75 Å². The maximum atomic E-state index is 12.7. The van der Waals surface area contributed by atoms with Crippen molar-refractivity contribution in [2.24, 2.45) is 0 Å². The number of rotatable bonds is 4. The van der Waals surface area contributed by atoms with Crippen molar-refractivity contribution in [2.45, 2.75) is 25.6 Å². The van der Waals surface area contributed by atoms with Gasteiger partial charge in [0.1, 0.15) is 5.75 Å². The molecule has 1 N–H and O–H groups in total. The van der Waals surface area contributed by atoms with Crippen molar-refractivity contribution < 1.29 is 22.7 Å². The van der Waals surface area contributed by atoms with Gasteiger partial charge in [0, 0.05) is 13.0 Å². The third-order valence-electron chi connectivity index (χ3n) is 3.86. The molecule has 0 unspecified atom stereocenters. The Balaban J connectivity index is 1.58. The summed E-state index contributed by atoms with van der Waals surface area (Å²) in [6.07, 6.45) is -3.37. The third-order valence-corrected chi connectivity index (χ3v) is 3.86. The van der Waals surface area contributed by atoms with E-state index in [1.165, 1.54) is 6.07 Å². The molecule has 0 aromatic heterocycles. The van der Waals surface area contributed by atoms with E-state index in [1.54, 1.807) is 6.07 Å². The molecular formula is C18H16F3NO2. The van der Waals surface area contributed by atoms with Crippen LogP contribution in [0, 0.1) is 0 Å². The minimum atomic E-state index is -4.38. The SMILES string of the molecule is O=C(Cc1ccc2c(c1)CCO2)NCc1cccc(C(F)(F)F)c1. The van der Waals surface area contributed by atoms with Gasteiger partial charge in [0.05, 0.1) is 18.6 Å². The molecule has 126 valence electrons. The van der Waals surface area contributed by atoms with Gasteiger partial charge in [0.25, 0.3) is 0 Å². The normalized spacial score (nSPS) is 13.3. The van der Waals surface area contributed by atoms with Crippen LogP contribution < -0.4 is 10.1 Å². The fourth-order valence-corrected chi connectivity index (χ4v) is 2.66. The molecule has 3 rings (SSSR count). The van der Waals surface area contributed by atoms with Gasteiger partial charge in [0.2, 0.25) is 5.91 Å². The highest BCUT2D eigenvalue weighted by Crippen LogP contribution is 2.29. The zero-order chi connectivity index (χ0) is 17.2. The van der Waals surface area contributed by atoms with Crippen LogP contribution in [0.15, 0.2) is 42.5 Å². The summed E-state index contributed by atoms with van der Waals surface area (Å²) in [5, 5.41) is 2.66. The second-order valence-corrected chi connectivity index (χ2v) is 5.69. The molecule has 0 fully saturated rings. The fourth-order valence-electron chi connectivity index (χ4n) is 2.66. The van der Waals surface area contributed by atoms with Crippen LogP contribution in [0.3, 0.4) is 0 Å². The van der Waals surface area contributed by atoms with Gasteiger partial charge >= 0.3 is 6.18 Å². The molecule has 6 heteroatoms. The lowest BCUT2D eigenvalue weighted by atomic mass is 10.1. The number of carbonyl (C=O) groups is 1. The van der Waals surface area contributed by atoms with Crippen LogP contribution in [0.1, 0.15) is 22.3 Å². The van der Waals surface area contributed by atoms with Gasteiger partial charge in [-0.25, -0.2) is 0 Å². The number of nitrogens with one attached hydrogen (secondary N) is 1. The van der Waals surface area contributed by atoms with E-state index in [9.17, 15) is 18.0 Å². The van der Waals surface area contributed by atoms with E-state index < -0.39 is 11.7 Å². The Kier molecular flexibility index (Phi) is 4.46. The van der Waals surface area contributed by atoms with Gasteiger partial charge in [-0.3, -0.25) is 4.79 Å². The Hall–Kier alpha value is -2.50. The Morgan fingerprint density at radius 1 is 1.12 bits per heavy atom. The van der Waals surface area contributed by atoms with Gasteiger partial charge in [-0.15, -0.1) is 0 Å². The van der Waals surface area contributed by atoms with Crippen molar-refractivity contribution in [1.82, 2.24) is 5.32 Å². The number of hydrogen-bond donors (Lipinski definition) is 1. The molecule has 2 aromatic rings. The zero-order valence-electron chi connectivity index (χ0n) is 12.8. The van der Waals surface area contributed by atoms with Gasteiger partial charge in [-0.05, 0) is 34.9 Å². The van der Waals surface area contributed by atoms with Crippen molar-refractivity contribution in [3.8, 4) is 5.75 Å². The molecular weight excluding hydrogens is 319 g/mol. The minimum absolute atomic E-state index is 0.0663. The van der Waals surface area contributed by atoms with Crippen LogP contribution in [0.2, 0.25) is 0 Å². The molecule has 0 aliphatic carbocycles. The first kappa shape index (κ1) is 16.4. The molecule has 0 spiro atoms. The van der Waals surface area contributed by atoms with Crippen molar-refractivity contribution in [3.63, 3.8) is 0 Å². The highest BCUT2D eigenvalue weighted by molar-refractivity contribution is 5.78. The van der Waals surface area contributed by atoms with Crippen molar-refractivity contribution in [2.75, 3.05) is 6.61 Å². The Morgan fingerprint density at radius 3 is 2.75 bits per heavy atom. The fraction of sp³-hybridized carbons (Fsp3) is 0.278. The number of halogens is 3. The molecule has 1 aliphatic rings. The third kappa shape index (κ3) is 3.88. The molecule has 1 heterocycles. The van der Waals surface area contributed by atoms with E-state index in [4.69, 9.17) is 4.74 Å². The summed E-state index contributed by atoms with van der Waals surface area (Å²) in [6, 6.07) is 10.6. The summed E-state index contributed by atoms with van der Waals surface area (Å²) in [6.45, 7) is 0.720. The predicted octanol–water partition coefficient (Wildman–Crippen LogP) is 3.50. The highest BCUT2D eigenvalue weighted by atomic mass is 19.4. The number of ether oxygens (including phenoxy) is 1. The van der Waals surface area contributed by atoms with E-state index in [-0.39, 0.29) is 18.9 Å². The average molecular weight is 335 g/mol. The molecule has 0 atom stereocenters. The molecule has 2 aromatic carbocycles. The number of alkyl halides is 3. The lowest BCUT2D eigenvalue weighted by Gasteiger charge is -2.10. The van der Waals surface area contributed by atoms with Crippen LogP contribution in [-0.2, 0) is 30.4 Å². The summed E-state index contributed by atoms with van der Waals surface area (Å²) in [5.74, 6) is 0.620. The van der Waals surface area contributed by atoms with Crippen LogP contribution >= 0.6 is 0 Å². The van der Waals surface area contributed by atoms with E-state index >= 15 is 0 Å². The second-order valence-electron chi connectivity index (χ2n) is 5.69. The molecule has 0 bridgehead atoms. The second kappa shape index (κ2) is 6.55. The Morgan fingerprint density at radius 2 is 1.96 bits per heavy atom. The zero-order valence-corrected chi connectivity index (χ0v) is 12.8. The summed E-state index contributed by atoms with van der Waals surface area (Å²) in [5.41, 5.74) is 1.65. The van der Waals surface area contributed by atoms with Crippen molar-refractivity contribution in [3.05, 3.63) is 64.7 Å². The van der Waals surface area contributed by atoms with Crippen molar-refractivity contribution in [1.29, 1.82) is 0 Å². The predicted molar refractivity (Wildman–Crippen MR) is 82.6 cm³/mol. The Labute approximate surface area is 137 Å². The highest BCUT2D eigenvalue weighted by Gasteiger charge is 2.30. The largest absolute Gasteiger partial charge is 0.493 e. The Bertz CT molecular complexity index is 756. The van der Waals surface area contributed by atoms with Gasteiger partial charge < -0.3 is 10.1 Å². The van der Waals surface area contributed by atoms with E-state index in [0.717, 1.165) is 35.4 Å². The molecule has 0 saturated carbocycles. The molecule has 3 nitrogen and oxygen atoms in total. The van der Waals surface area contributed by atoms with Crippen LogP contribution in [0.25, 0.3) is 0 Å². The minimum Gasteiger partial charge on any atom is -0.493 e. The maximum absolute atomic E-state index is 12.7. The number of fused-ring (bicyclic) bond motifs is 1. The van der Waals surface area contributed by atoms with Crippen LogP contribution in [-0.4, -0.2) is 12.5 Å².